The van der Waals surface area contributed by atoms with Crippen LogP contribution in [0.5, 0.6) is 5.75 Å². The fourth-order valence-electron chi connectivity index (χ4n) is 5.69. The van der Waals surface area contributed by atoms with E-state index in [0.717, 1.165) is 43.4 Å². The van der Waals surface area contributed by atoms with Gasteiger partial charge in [0.2, 0.25) is 0 Å². The third-order valence-electron chi connectivity index (χ3n) is 8.37. The van der Waals surface area contributed by atoms with Crippen LogP contribution in [0.1, 0.15) is 57.6 Å². The minimum absolute atomic E-state index is 0.0865. The number of amides is 1. The number of carbonyl (C=O) groups is 2. The Morgan fingerprint density at radius 2 is 1.97 bits per heavy atom. The van der Waals surface area contributed by atoms with Crippen molar-refractivity contribution in [3.8, 4) is 17.0 Å². The van der Waals surface area contributed by atoms with Crippen molar-refractivity contribution in [2.45, 2.75) is 70.1 Å². The second kappa shape index (κ2) is 11.4. The first kappa shape index (κ1) is 27.2. The molecule has 11 nitrogen and oxygen atoms in total. The van der Waals surface area contributed by atoms with Crippen LogP contribution in [-0.4, -0.2) is 81.8 Å². The van der Waals surface area contributed by atoms with E-state index in [0.29, 0.717) is 56.4 Å². The topological polar surface area (TPSA) is 119 Å². The summed E-state index contributed by atoms with van der Waals surface area (Å²) < 4.78 is 19.5. The van der Waals surface area contributed by atoms with E-state index in [1.165, 1.54) is 0 Å². The second-order valence-corrected chi connectivity index (χ2v) is 11.2. The Bertz CT molecular complexity index is 1190. The maximum atomic E-state index is 12.6. The zero-order valence-electron chi connectivity index (χ0n) is 23.1. The van der Waals surface area contributed by atoms with Gasteiger partial charge in [0.1, 0.15) is 12.2 Å². The molecule has 3 fully saturated rings. The molecule has 0 radical (unpaired) electrons. The molecule has 3 aliphatic rings. The highest BCUT2D eigenvalue weighted by Gasteiger charge is 2.38. The number of nitrogens with zero attached hydrogens (tertiary/aromatic N) is 5. The quantitative estimate of drug-likeness (QED) is 0.531. The Morgan fingerprint density at radius 3 is 2.67 bits per heavy atom. The van der Waals surface area contributed by atoms with E-state index in [4.69, 9.17) is 19.2 Å². The van der Waals surface area contributed by atoms with Gasteiger partial charge in [0.05, 0.1) is 36.7 Å². The molecule has 39 heavy (non-hydrogen) atoms. The monoisotopic (exact) mass is 541 g/mol. The Kier molecular flexibility index (Phi) is 7.97. The van der Waals surface area contributed by atoms with E-state index in [2.05, 4.69) is 10.00 Å². The van der Waals surface area contributed by atoms with Crippen molar-refractivity contribution in [2.75, 3.05) is 38.3 Å². The lowest BCUT2D eigenvalue weighted by molar-refractivity contribution is -0.145. The van der Waals surface area contributed by atoms with Crippen LogP contribution in [0.2, 0.25) is 0 Å². The van der Waals surface area contributed by atoms with Crippen molar-refractivity contribution in [3.63, 3.8) is 0 Å². The van der Waals surface area contributed by atoms with Crippen LogP contribution < -0.4 is 9.64 Å². The highest BCUT2D eigenvalue weighted by Crippen LogP contribution is 2.40. The first-order valence-electron chi connectivity index (χ1n) is 13.9. The fourth-order valence-corrected chi connectivity index (χ4v) is 5.69. The number of morpholine rings is 1. The van der Waals surface area contributed by atoms with Gasteiger partial charge in [0, 0.05) is 45.2 Å². The summed E-state index contributed by atoms with van der Waals surface area (Å²) in [5, 5.41) is 14.0. The van der Waals surface area contributed by atoms with Crippen molar-refractivity contribution in [3.05, 3.63) is 24.0 Å². The number of ether oxygens (including phenoxy) is 3. The van der Waals surface area contributed by atoms with Crippen LogP contribution in [0, 0.1) is 5.92 Å². The molecule has 1 N–H and O–H groups in total. The highest BCUT2D eigenvalue weighted by atomic mass is 16.6. The SMILES string of the molecule is CN(C(=O)OCc1c(-c2ccc(O[C@]3(C)CCC[C@H](C(=O)O)C3)c(N3CCOCC3)n2)cnn1C)C1CCC1. The lowest BCUT2D eigenvalue weighted by Crippen LogP contribution is -2.41. The van der Waals surface area contributed by atoms with Gasteiger partial charge in [-0.3, -0.25) is 9.48 Å². The Labute approximate surface area is 229 Å². The third kappa shape index (κ3) is 5.98. The van der Waals surface area contributed by atoms with Gasteiger partial charge in [-0.25, -0.2) is 9.78 Å². The van der Waals surface area contributed by atoms with Crippen LogP contribution in [0.25, 0.3) is 11.3 Å². The standard InChI is InChI=1S/C28H39N5O6/c1-28(11-5-6-19(16-28)26(34)35)39-24-10-9-22(30-25(24)33-12-14-37-15-13-33)21-17-29-32(3)23(21)18-38-27(36)31(2)20-7-4-8-20/h9-10,17,19-20H,4-8,11-16,18H2,1-3H3,(H,34,35)/t19-,28+/m0/s1. The van der Waals surface area contributed by atoms with E-state index in [1.54, 1.807) is 22.8 Å². The van der Waals surface area contributed by atoms with E-state index in [9.17, 15) is 14.7 Å². The molecular formula is C28H39N5O6. The molecule has 5 rings (SSSR count). The van der Waals surface area contributed by atoms with Crippen LogP contribution >= 0.6 is 0 Å². The first-order chi connectivity index (χ1) is 18.7. The Hall–Kier alpha value is -3.34. The molecule has 1 aliphatic heterocycles. The maximum Gasteiger partial charge on any atom is 0.410 e. The van der Waals surface area contributed by atoms with Crippen molar-refractivity contribution >= 4 is 17.9 Å². The number of aryl methyl sites for hydroxylation is 1. The zero-order chi connectivity index (χ0) is 27.6. The number of hydrogen-bond acceptors (Lipinski definition) is 8. The average molecular weight is 542 g/mol. The number of aromatic nitrogens is 3. The normalized spacial score (nSPS) is 23.7. The molecule has 0 bridgehead atoms. The van der Waals surface area contributed by atoms with E-state index in [-0.39, 0.29) is 18.7 Å². The number of rotatable bonds is 8. The molecule has 2 saturated carbocycles. The highest BCUT2D eigenvalue weighted by molar-refractivity contribution is 5.71. The number of hydrogen-bond donors (Lipinski definition) is 1. The number of carboxylic acid groups (broad SMARTS) is 1. The molecule has 2 aliphatic carbocycles. The Morgan fingerprint density at radius 1 is 1.21 bits per heavy atom. The number of anilines is 1. The summed E-state index contributed by atoms with van der Waals surface area (Å²) in [4.78, 5) is 33.2. The average Bonchev–Trinajstić information content (AvgIpc) is 3.26. The summed E-state index contributed by atoms with van der Waals surface area (Å²) in [6.45, 7) is 4.60. The van der Waals surface area contributed by atoms with Crippen molar-refractivity contribution in [2.24, 2.45) is 13.0 Å². The largest absolute Gasteiger partial charge is 0.484 e. The maximum absolute atomic E-state index is 12.6. The molecule has 0 spiro atoms. The van der Waals surface area contributed by atoms with Gasteiger partial charge in [-0.1, -0.05) is 0 Å². The number of pyridine rings is 1. The molecule has 3 heterocycles. The summed E-state index contributed by atoms with van der Waals surface area (Å²) in [7, 11) is 3.61. The van der Waals surface area contributed by atoms with Crippen LogP contribution in [0.4, 0.5) is 10.6 Å². The summed E-state index contributed by atoms with van der Waals surface area (Å²) >= 11 is 0. The van der Waals surface area contributed by atoms with Gasteiger partial charge in [0.25, 0.3) is 0 Å². The number of carboxylic acids is 1. The molecule has 2 aromatic heterocycles. The molecule has 1 amide bonds. The summed E-state index contributed by atoms with van der Waals surface area (Å²) in [5.41, 5.74) is 1.65. The van der Waals surface area contributed by atoms with E-state index in [1.807, 2.05) is 26.1 Å². The lowest BCUT2D eigenvalue weighted by atomic mass is 9.79. The molecule has 0 unspecified atom stereocenters. The molecular weight excluding hydrogens is 502 g/mol. The van der Waals surface area contributed by atoms with Gasteiger partial charge in [-0.2, -0.15) is 5.10 Å². The van der Waals surface area contributed by atoms with Crippen molar-refractivity contribution < 1.29 is 28.9 Å². The summed E-state index contributed by atoms with van der Waals surface area (Å²) in [5.74, 6) is 0.154. The zero-order valence-corrected chi connectivity index (χ0v) is 23.1. The smallest absolute Gasteiger partial charge is 0.410 e. The van der Waals surface area contributed by atoms with Crippen LogP contribution in [0.3, 0.4) is 0 Å². The predicted molar refractivity (Wildman–Crippen MR) is 144 cm³/mol. The number of carbonyl (C=O) groups excluding carboxylic acids is 1. The molecule has 0 aromatic carbocycles. The molecule has 212 valence electrons. The van der Waals surface area contributed by atoms with E-state index >= 15 is 0 Å². The molecule has 2 aromatic rings. The van der Waals surface area contributed by atoms with Crippen LogP contribution in [-0.2, 0) is 27.9 Å². The minimum Gasteiger partial charge on any atom is -0.484 e. The lowest BCUT2D eigenvalue weighted by Gasteiger charge is -2.38. The van der Waals surface area contributed by atoms with Crippen molar-refractivity contribution in [1.82, 2.24) is 19.7 Å². The molecule has 11 heteroatoms. The van der Waals surface area contributed by atoms with Crippen LogP contribution in [0.15, 0.2) is 18.3 Å². The van der Waals surface area contributed by atoms with Gasteiger partial charge >= 0.3 is 12.1 Å². The van der Waals surface area contributed by atoms with Gasteiger partial charge < -0.3 is 29.1 Å². The predicted octanol–water partition coefficient (Wildman–Crippen LogP) is 3.85. The number of aliphatic carboxylic acids is 1. The van der Waals surface area contributed by atoms with Gasteiger partial charge in [0.15, 0.2) is 11.6 Å². The third-order valence-corrected chi connectivity index (χ3v) is 8.37. The van der Waals surface area contributed by atoms with Gasteiger partial charge in [-0.05, 0) is 57.6 Å². The first-order valence-corrected chi connectivity index (χ1v) is 13.9. The Balaban J connectivity index is 1.40. The second-order valence-electron chi connectivity index (χ2n) is 11.2. The van der Waals surface area contributed by atoms with E-state index < -0.39 is 17.5 Å². The fraction of sp³-hybridized carbons (Fsp3) is 0.643. The van der Waals surface area contributed by atoms with Crippen molar-refractivity contribution in [1.29, 1.82) is 0 Å². The molecule has 1 saturated heterocycles. The minimum atomic E-state index is -0.768. The summed E-state index contributed by atoms with van der Waals surface area (Å²) in [6, 6.07) is 4.06. The summed E-state index contributed by atoms with van der Waals surface area (Å²) in [6.07, 6.45) is 7.30. The van der Waals surface area contributed by atoms with Gasteiger partial charge in [-0.15, -0.1) is 0 Å². The molecule has 2 atom stereocenters.